The molecule has 1 saturated heterocycles. The summed E-state index contributed by atoms with van der Waals surface area (Å²) in [4.78, 5) is 27.7. The zero-order chi connectivity index (χ0) is 17.0. The average molecular weight is 323 g/mol. The predicted molar refractivity (Wildman–Crippen MR) is 85.2 cm³/mol. The molecule has 1 amide bonds. The lowest BCUT2D eigenvalue weighted by Gasteiger charge is -2.34. The van der Waals surface area contributed by atoms with Gasteiger partial charge in [0.25, 0.3) is 0 Å². The molecule has 1 aliphatic heterocycles. The van der Waals surface area contributed by atoms with Gasteiger partial charge in [-0.15, -0.1) is 0 Å². The number of hydrogen-bond donors (Lipinski definition) is 0. The lowest BCUT2D eigenvalue weighted by atomic mass is 10.2. The zero-order valence-corrected chi connectivity index (χ0v) is 14.3. The van der Waals surface area contributed by atoms with E-state index in [0.29, 0.717) is 18.7 Å². The van der Waals surface area contributed by atoms with Crippen LogP contribution in [0.15, 0.2) is 6.07 Å². The molecule has 0 N–H and O–H groups in total. The number of piperazine rings is 1. The van der Waals surface area contributed by atoms with E-state index in [2.05, 4.69) is 4.90 Å². The highest BCUT2D eigenvalue weighted by Crippen LogP contribution is 2.17. The van der Waals surface area contributed by atoms with Crippen molar-refractivity contribution in [3.05, 3.63) is 23.0 Å². The van der Waals surface area contributed by atoms with Gasteiger partial charge < -0.3 is 18.9 Å². The molecule has 0 aliphatic carbocycles. The highest BCUT2D eigenvalue weighted by atomic mass is 16.5. The minimum atomic E-state index is -0.306. The van der Waals surface area contributed by atoms with Gasteiger partial charge in [0.1, 0.15) is 6.61 Å². The molecule has 1 aliphatic rings. The van der Waals surface area contributed by atoms with Gasteiger partial charge >= 0.3 is 5.97 Å². The van der Waals surface area contributed by atoms with Crippen molar-refractivity contribution in [3.8, 4) is 0 Å². The molecule has 23 heavy (non-hydrogen) atoms. The Kier molecular flexibility index (Phi) is 5.79. The second kappa shape index (κ2) is 7.61. The lowest BCUT2D eigenvalue weighted by molar-refractivity contribution is -0.136. The molecule has 0 atom stereocenters. The van der Waals surface area contributed by atoms with Crippen LogP contribution in [-0.4, -0.2) is 73.2 Å². The molecule has 1 aromatic rings. The average Bonchev–Trinajstić information content (AvgIpc) is 2.83. The minimum absolute atomic E-state index is 0.0369. The Bertz CT molecular complexity index is 574. The van der Waals surface area contributed by atoms with Crippen LogP contribution < -0.4 is 0 Å². The highest BCUT2D eigenvalue weighted by Gasteiger charge is 2.23. The summed E-state index contributed by atoms with van der Waals surface area (Å²) in [6.45, 7) is 5.84. The van der Waals surface area contributed by atoms with E-state index in [-0.39, 0.29) is 18.5 Å². The number of carbonyl (C=O) groups is 2. The summed E-state index contributed by atoms with van der Waals surface area (Å²) < 4.78 is 11.7. The maximum absolute atomic E-state index is 11.8. The Morgan fingerprint density at radius 3 is 2.39 bits per heavy atom. The number of carbonyl (C=O) groups excluding carboxylic acids is 2. The summed E-state index contributed by atoms with van der Waals surface area (Å²) in [6, 6.07) is 1.89. The zero-order valence-electron chi connectivity index (χ0n) is 14.3. The summed E-state index contributed by atoms with van der Waals surface area (Å²) in [6.07, 6.45) is 0. The minimum Gasteiger partial charge on any atom is -0.465 e. The van der Waals surface area contributed by atoms with E-state index in [0.717, 1.165) is 31.0 Å². The monoisotopic (exact) mass is 323 g/mol. The van der Waals surface area contributed by atoms with Gasteiger partial charge in [-0.25, -0.2) is 4.79 Å². The first-order valence-corrected chi connectivity index (χ1v) is 7.70. The van der Waals surface area contributed by atoms with Gasteiger partial charge in [-0.2, -0.15) is 0 Å². The molecule has 1 fully saturated rings. The molecule has 0 saturated carbocycles. The molecule has 0 radical (unpaired) electrons. The van der Waals surface area contributed by atoms with Crippen LogP contribution in [0.5, 0.6) is 0 Å². The van der Waals surface area contributed by atoms with Crippen molar-refractivity contribution in [1.82, 2.24) is 14.4 Å². The van der Waals surface area contributed by atoms with E-state index in [9.17, 15) is 9.59 Å². The number of aromatic nitrogens is 1. The first-order chi connectivity index (χ1) is 11.0. The predicted octanol–water partition coefficient (Wildman–Crippen LogP) is 0.411. The topological polar surface area (TPSA) is 64.0 Å². The summed E-state index contributed by atoms with van der Waals surface area (Å²) in [5, 5.41) is 0. The molecular weight excluding hydrogens is 298 g/mol. The SMILES string of the molecule is COCC(=O)N1CCN(Cc2cc(C(=O)OC)c(C)n2C)CC1. The summed E-state index contributed by atoms with van der Waals surface area (Å²) in [5.74, 6) is -0.269. The van der Waals surface area contributed by atoms with Crippen molar-refractivity contribution in [2.75, 3.05) is 47.0 Å². The Morgan fingerprint density at radius 1 is 1.17 bits per heavy atom. The van der Waals surface area contributed by atoms with E-state index in [1.165, 1.54) is 14.2 Å². The maximum atomic E-state index is 11.8. The van der Waals surface area contributed by atoms with E-state index < -0.39 is 0 Å². The highest BCUT2D eigenvalue weighted by molar-refractivity contribution is 5.91. The number of methoxy groups -OCH3 is 2. The van der Waals surface area contributed by atoms with Crippen LogP contribution in [0.2, 0.25) is 0 Å². The molecule has 2 rings (SSSR count). The number of ether oxygens (including phenoxy) is 2. The van der Waals surface area contributed by atoms with Crippen molar-refractivity contribution in [1.29, 1.82) is 0 Å². The fraction of sp³-hybridized carbons (Fsp3) is 0.625. The van der Waals surface area contributed by atoms with Crippen LogP contribution in [0.3, 0.4) is 0 Å². The van der Waals surface area contributed by atoms with Crippen molar-refractivity contribution >= 4 is 11.9 Å². The van der Waals surface area contributed by atoms with Crippen LogP contribution in [0.4, 0.5) is 0 Å². The van der Waals surface area contributed by atoms with Crippen LogP contribution >= 0.6 is 0 Å². The third kappa shape index (κ3) is 3.92. The van der Waals surface area contributed by atoms with Gasteiger partial charge in [0.15, 0.2) is 0 Å². The molecule has 0 unspecified atom stereocenters. The van der Waals surface area contributed by atoms with Crippen LogP contribution in [0.1, 0.15) is 21.7 Å². The Hall–Kier alpha value is -1.86. The first-order valence-electron chi connectivity index (χ1n) is 7.70. The van der Waals surface area contributed by atoms with Crippen LogP contribution in [0.25, 0.3) is 0 Å². The molecule has 128 valence electrons. The lowest BCUT2D eigenvalue weighted by Crippen LogP contribution is -2.49. The van der Waals surface area contributed by atoms with Gasteiger partial charge in [-0.1, -0.05) is 0 Å². The normalized spacial score (nSPS) is 15.7. The number of nitrogens with zero attached hydrogens (tertiary/aromatic N) is 3. The number of esters is 1. The Morgan fingerprint density at radius 2 is 1.83 bits per heavy atom. The van der Waals surface area contributed by atoms with Crippen molar-refractivity contribution in [2.24, 2.45) is 7.05 Å². The smallest absolute Gasteiger partial charge is 0.339 e. The number of amides is 1. The third-order valence-electron chi connectivity index (χ3n) is 4.42. The van der Waals surface area contributed by atoms with Crippen molar-refractivity contribution in [3.63, 3.8) is 0 Å². The quantitative estimate of drug-likeness (QED) is 0.735. The summed E-state index contributed by atoms with van der Waals surface area (Å²) >= 11 is 0. The second-order valence-corrected chi connectivity index (χ2v) is 5.78. The van der Waals surface area contributed by atoms with Gasteiger partial charge in [0.2, 0.25) is 5.91 Å². The molecule has 0 spiro atoms. The molecular formula is C16H25N3O4. The van der Waals surface area contributed by atoms with E-state index in [1.807, 2.05) is 29.5 Å². The molecule has 2 heterocycles. The fourth-order valence-corrected chi connectivity index (χ4v) is 2.83. The molecule has 7 heteroatoms. The van der Waals surface area contributed by atoms with Crippen molar-refractivity contribution < 1.29 is 19.1 Å². The van der Waals surface area contributed by atoms with Crippen LogP contribution in [-0.2, 0) is 27.9 Å². The number of hydrogen-bond acceptors (Lipinski definition) is 5. The fourth-order valence-electron chi connectivity index (χ4n) is 2.83. The second-order valence-electron chi connectivity index (χ2n) is 5.78. The maximum Gasteiger partial charge on any atom is 0.339 e. The molecule has 1 aromatic heterocycles. The Labute approximate surface area is 136 Å². The molecule has 7 nitrogen and oxygen atoms in total. The third-order valence-corrected chi connectivity index (χ3v) is 4.42. The Balaban J connectivity index is 1.97. The summed E-state index contributed by atoms with van der Waals surface area (Å²) in [5.41, 5.74) is 2.58. The largest absolute Gasteiger partial charge is 0.465 e. The van der Waals surface area contributed by atoms with Crippen LogP contribution in [0, 0.1) is 6.92 Å². The van der Waals surface area contributed by atoms with Gasteiger partial charge in [-0.3, -0.25) is 9.69 Å². The first kappa shape index (κ1) is 17.5. The van der Waals surface area contributed by atoms with E-state index in [4.69, 9.17) is 9.47 Å². The van der Waals surface area contributed by atoms with E-state index in [1.54, 1.807) is 0 Å². The molecule has 0 bridgehead atoms. The number of rotatable bonds is 5. The van der Waals surface area contributed by atoms with Gasteiger partial charge in [-0.05, 0) is 13.0 Å². The standard InChI is InChI=1S/C16H25N3O4/c1-12-14(16(21)23-4)9-13(17(12)2)10-18-5-7-19(8-6-18)15(20)11-22-3/h9H,5-8,10-11H2,1-4H3. The summed E-state index contributed by atoms with van der Waals surface area (Å²) in [7, 11) is 4.88. The van der Waals surface area contributed by atoms with Gasteiger partial charge in [0.05, 0.1) is 12.7 Å². The van der Waals surface area contributed by atoms with E-state index >= 15 is 0 Å². The van der Waals surface area contributed by atoms with Gasteiger partial charge in [0, 0.05) is 58.3 Å². The molecule has 0 aromatic carbocycles. The van der Waals surface area contributed by atoms with Crippen molar-refractivity contribution in [2.45, 2.75) is 13.5 Å².